The number of carbonyl (C=O) groups is 1. The lowest BCUT2D eigenvalue weighted by Gasteiger charge is -2.28. The fourth-order valence-corrected chi connectivity index (χ4v) is 5.29. The van der Waals surface area contributed by atoms with Gasteiger partial charge < -0.3 is 26.0 Å². The second-order valence-corrected chi connectivity index (χ2v) is 11.5. The first kappa shape index (κ1) is 27.2. The van der Waals surface area contributed by atoms with Crippen LogP contribution in [0.4, 0.5) is 16.2 Å². The molecule has 4 rings (SSSR count). The fraction of sp³-hybridized carbons (Fsp3) is 0.250. The summed E-state index contributed by atoms with van der Waals surface area (Å²) in [5.41, 5.74) is 7.61. The van der Waals surface area contributed by atoms with Crippen molar-refractivity contribution < 1.29 is 18.3 Å². The predicted octanol–water partition coefficient (Wildman–Crippen LogP) is 4.42. The number of benzene rings is 3. The smallest absolute Gasteiger partial charge is 0.316 e. The summed E-state index contributed by atoms with van der Waals surface area (Å²) in [6.07, 6.45) is 1.98. The Morgan fingerprint density at radius 3 is 2.50 bits per heavy atom. The number of rotatable bonds is 11. The van der Waals surface area contributed by atoms with Crippen LogP contribution in [0, 0.1) is 0 Å². The van der Waals surface area contributed by atoms with Crippen LogP contribution in [0.5, 0.6) is 0 Å². The molecule has 200 valence electrons. The topological polar surface area (TPSA) is 138 Å². The van der Waals surface area contributed by atoms with E-state index in [-0.39, 0.29) is 10.4 Å². The molecular weight excluding hydrogens is 502 g/mol. The zero-order chi connectivity index (χ0) is 27.3. The number of aromatic nitrogens is 1. The number of anilines is 2. The molecule has 0 saturated carbocycles. The highest BCUT2D eigenvalue weighted by molar-refractivity contribution is 7.92. The molecule has 0 bridgehead atoms. The van der Waals surface area contributed by atoms with E-state index in [1.165, 1.54) is 12.1 Å². The fourth-order valence-electron chi connectivity index (χ4n) is 4.22. The molecule has 0 spiro atoms. The minimum Gasteiger partial charge on any atom is -0.387 e. The zero-order valence-electron chi connectivity index (χ0n) is 21.4. The van der Waals surface area contributed by atoms with E-state index in [1.807, 2.05) is 30.5 Å². The molecule has 0 unspecified atom stereocenters. The quantitative estimate of drug-likeness (QED) is 0.193. The molecule has 0 aliphatic carbocycles. The second kappa shape index (κ2) is 11.3. The van der Waals surface area contributed by atoms with Gasteiger partial charge in [0.25, 0.3) is 10.0 Å². The Balaban J connectivity index is 1.34. The maximum Gasteiger partial charge on any atom is 0.316 e. The van der Waals surface area contributed by atoms with Crippen molar-refractivity contribution in [1.29, 1.82) is 0 Å². The van der Waals surface area contributed by atoms with E-state index >= 15 is 0 Å². The van der Waals surface area contributed by atoms with E-state index < -0.39 is 22.2 Å². The third-order valence-electron chi connectivity index (χ3n) is 6.37. The third-order valence-corrected chi connectivity index (χ3v) is 7.76. The molecule has 2 amide bonds. The standard InChI is InChI=1S/C28H33N5O4S/c1-28(2,14-16-33-15-13-20-17-22(31-27(29)35)11-12-25(20)33)30-19-26(34)21-7-6-8-23(18-21)32-38(36,37)24-9-4-3-5-10-24/h3-13,15,17-18,26,30,32,34H,14,16,19H2,1-2H3,(H3,29,31,35)/t26-/m0/s1. The van der Waals surface area contributed by atoms with Crippen molar-refractivity contribution >= 4 is 38.3 Å². The lowest BCUT2D eigenvalue weighted by molar-refractivity contribution is 0.158. The third kappa shape index (κ3) is 6.91. The van der Waals surface area contributed by atoms with Crippen LogP contribution < -0.4 is 21.1 Å². The zero-order valence-corrected chi connectivity index (χ0v) is 22.2. The van der Waals surface area contributed by atoms with Crippen LogP contribution >= 0.6 is 0 Å². The summed E-state index contributed by atoms with van der Waals surface area (Å²) in [6, 6.07) is 22.0. The average molecular weight is 536 g/mol. The number of sulfonamides is 1. The van der Waals surface area contributed by atoms with E-state index in [4.69, 9.17) is 5.73 Å². The van der Waals surface area contributed by atoms with Crippen molar-refractivity contribution in [3.05, 3.63) is 90.6 Å². The van der Waals surface area contributed by atoms with Gasteiger partial charge in [0.05, 0.1) is 11.0 Å². The Morgan fingerprint density at radius 2 is 1.76 bits per heavy atom. The van der Waals surface area contributed by atoms with Gasteiger partial charge in [-0.1, -0.05) is 30.3 Å². The number of aryl methyl sites for hydroxylation is 1. The molecule has 9 nitrogen and oxygen atoms in total. The van der Waals surface area contributed by atoms with Gasteiger partial charge in [0.15, 0.2) is 0 Å². The molecule has 0 aliphatic rings. The number of urea groups is 1. The molecule has 0 aliphatic heterocycles. The first-order chi connectivity index (χ1) is 18.0. The number of primary amides is 1. The summed E-state index contributed by atoms with van der Waals surface area (Å²) in [4.78, 5) is 11.3. The Bertz CT molecular complexity index is 1520. The van der Waals surface area contributed by atoms with Crippen LogP contribution in [0.1, 0.15) is 31.9 Å². The normalized spacial score (nSPS) is 12.8. The van der Waals surface area contributed by atoms with Crippen molar-refractivity contribution in [3.8, 4) is 0 Å². The SMILES string of the molecule is CC(C)(CCn1ccc2cc(NC(N)=O)ccc21)NC[C@H](O)c1cccc(NS(=O)(=O)c2ccccc2)c1. The van der Waals surface area contributed by atoms with Crippen LogP contribution in [-0.2, 0) is 16.6 Å². The molecular formula is C28H33N5O4S. The van der Waals surface area contributed by atoms with E-state index in [0.717, 1.165) is 23.9 Å². The summed E-state index contributed by atoms with van der Waals surface area (Å²) in [7, 11) is -3.72. The molecule has 0 radical (unpaired) electrons. The van der Waals surface area contributed by atoms with Gasteiger partial charge in [0.1, 0.15) is 0 Å². The highest BCUT2D eigenvalue weighted by Crippen LogP contribution is 2.24. The Morgan fingerprint density at radius 1 is 1.00 bits per heavy atom. The minimum atomic E-state index is -3.72. The van der Waals surface area contributed by atoms with E-state index in [1.54, 1.807) is 42.5 Å². The van der Waals surface area contributed by atoms with E-state index in [0.29, 0.717) is 23.5 Å². The second-order valence-electron chi connectivity index (χ2n) is 9.85. The van der Waals surface area contributed by atoms with Crippen molar-refractivity contribution in [1.82, 2.24) is 9.88 Å². The van der Waals surface area contributed by atoms with Gasteiger partial charge >= 0.3 is 6.03 Å². The minimum absolute atomic E-state index is 0.174. The van der Waals surface area contributed by atoms with Gasteiger partial charge in [-0.05, 0) is 74.4 Å². The molecule has 38 heavy (non-hydrogen) atoms. The summed E-state index contributed by atoms with van der Waals surface area (Å²) in [5.74, 6) is 0. The monoisotopic (exact) mass is 535 g/mol. The van der Waals surface area contributed by atoms with Gasteiger partial charge in [-0.2, -0.15) is 0 Å². The molecule has 6 N–H and O–H groups in total. The Labute approximate surface area is 222 Å². The van der Waals surface area contributed by atoms with Gasteiger partial charge in [-0.3, -0.25) is 4.72 Å². The molecule has 4 aromatic rings. The lowest BCUT2D eigenvalue weighted by Crippen LogP contribution is -2.42. The van der Waals surface area contributed by atoms with Crippen molar-refractivity contribution in [2.75, 3.05) is 16.6 Å². The van der Waals surface area contributed by atoms with Crippen molar-refractivity contribution in [2.24, 2.45) is 5.73 Å². The molecule has 3 aromatic carbocycles. The number of fused-ring (bicyclic) bond motifs is 1. The number of nitrogens with one attached hydrogen (secondary N) is 3. The number of hydrogen-bond donors (Lipinski definition) is 5. The number of carbonyl (C=O) groups excluding carboxylic acids is 1. The number of amides is 2. The van der Waals surface area contributed by atoms with Gasteiger partial charge in [-0.25, -0.2) is 13.2 Å². The van der Waals surface area contributed by atoms with E-state index in [2.05, 4.69) is 33.8 Å². The van der Waals surface area contributed by atoms with Gasteiger partial charge in [0, 0.05) is 47.1 Å². The molecule has 0 fully saturated rings. The summed E-state index contributed by atoms with van der Waals surface area (Å²) < 4.78 is 30.0. The molecule has 0 saturated heterocycles. The Hall–Kier alpha value is -3.86. The maximum absolute atomic E-state index is 12.6. The van der Waals surface area contributed by atoms with E-state index in [9.17, 15) is 18.3 Å². The van der Waals surface area contributed by atoms with Crippen LogP contribution in [-0.4, -0.2) is 36.2 Å². The van der Waals surface area contributed by atoms with Crippen LogP contribution in [0.3, 0.4) is 0 Å². The number of β-amino-alcohol motifs (C(OH)–C–C–N with tert-alkyl or cyclic N) is 1. The molecule has 1 heterocycles. The largest absolute Gasteiger partial charge is 0.387 e. The number of hydrogen-bond acceptors (Lipinski definition) is 5. The van der Waals surface area contributed by atoms with Crippen LogP contribution in [0.15, 0.2) is 90.0 Å². The van der Waals surface area contributed by atoms with Gasteiger partial charge in [-0.15, -0.1) is 0 Å². The molecule has 1 atom stereocenters. The number of nitrogens with two attached hydrogens (primary N) is 1. The Kier molecular flexibility index (Phi) is 8.05. The first-order valence-electron chi connectivity index (χ1n) is 12.3. The summed E-state index contributed by atoms with van der Waals surface area (Å²) in [5, 5.41) is 17.8. The summed E-state index contributed by atoms with van der Waals surface area (Å²) >= 11 is 0. The maximum atomic E-state index is 12.6. The van der Waals surface area contributed by atoms with Crippen LogP contribution in [0.25, 0.3) is 10.9 Å². The van der Waals surface area contributed by atoms with Crippen LogP contribution in [0.2, 0.25) is 0 Å². The summed E-state index contributed by atoms with van der Waals surface area (Å²) in [6.45, 7) is 5.20. The highest BCUT2D eigenvalue weighted by atomic mass is 32.2. The number of aliphatic hydroxyl groups excluding tert-OH is 1. The molecule has 10 heteroatoms. The number of nitrogens with zero attached hydrogens (tertiary/aromatic N) is 1. The predicted molar refractivity (Wildman–Crippen MR) is 150 cm³/mol. The lowest BCUT2D eigenvalue weighted by atomic mass is 9.99. The molecule has 1 aromatic heterocycles. The first-order valence-corrected chi connectivity index (χ1v) is 13.8. The highest BCUT2D eigenvalue weighted by Gasteiger charge is 2.20. The van der Waals surface area contributed by atoms with Crippen molar-refractivity contribution in [3.63, 3.8) is 0 Å². The average Bonchev–Trinajstić information content (AvgIpc) is 3.28. The number of aliphatic hydroxyl groups is 1. The van der Waals surface area contributed by atoms with Crippen molar-refractivity contribution in [2.45, 2.75) is 43.4 Å². The van der Waals surface area contributed by atoms with Gasteiger partial charge in [0.2, 0.25) is 0 Å².